The first-order valence-corrected chi connectivity index (χ1v) is 10.6. The highest BCUT2D eigenvalue weighted by Gasteiger charge is 2.32. The second-order valence-corrected chi connectivity index (χ2v) is 7.81. The van der Waals surface area contributed by atoms with Gasteiger partial charge in [-0.15, -0.1) is 0 Å². The number of carbonyl (C=O) groups excluding carboxylic acids is 1. The number of hydrogen-bond acceptors (Lipinski definition) is 4. The molecule has 2 N–H and O–H groups in total. The van der Waals surface area contributed by atoms with Crippen molar-refractivity contribution in [2.24, 2.45) is 10.9 Å². The van der Waals surface area contributed by atoms with Crippen molar-refractivity contribution in [3.63, 3.8) is 0 Å². The van der Waals surface area contributed by atoms with E-state index in [1.165, 1.54) is 12.8 Å². The summed E-state index contributed by atoms with van der Waals surface area (Å²) in [6.07, 6.45) is 6.61. The predicted octanol–water partition coefficient (Wildman–Crippen LogP) is 1.30. The fraction of sp³-hybridized carbons (Fsp3) is 0.900. The Morgan fingerprint density at radius 3 is 2.74 bits per heavy atom. The number of amides is 1. The third-order valence-electron chi connectivity index (χ3n) is 5.53. The van der Waals surface area contributed by atoms with Crippen molar-refractivity contribution in [2.75, 3.05) is 60.0 Å². The molecule has 0 spiro atoms. The highest BCUT2D eigenvalue weighted by atomic mass is 16.5. The molecule has 27 heavy (non-hydrogen) atoms. The Bertz CT molecular complexity index is 465. The number of likely N-dealkylation sites (tertiary alicyclic amines) is 1. The smallest absolute Gasteiger partial charge is 0.225 e. The van der Waals surface area contributed by atoms with Gasteiger partial charge in [0.15, 0.2) is 5.96 Å². The first-order valence-electron chi connectivity index (χ1n) is 10.6. The number of nitrogens with zero attached hydrogens (tertiary/aromatic N) is 3. The minimum Gasteiger partial charge on any atom is -0.383 e. The van der Waals surface area contributed by atoms with E-state index < -0.39 is 0 Å². The maximum absolute atomic E-state index is 12.6. The van der Waals surface area contributed by atoms with Gasteiger partial charge in [-0.05, 0) is 46.2 Å². The first-order chi connectivity index (χ1) is 13.1. The molecule has 0 aromatic rings. The number of rotatable bonds is 10. The monoisotopic (exact) mass is 381 g/mol. The number of nitrogens with one attached hydrogen (secondary N) is 2. The van der Waals surface area contributed by atoms with Gasteiger partial charge in [0.05, 0.1) is 6.61 Å². The van der Waals surface area contributed by atoms with E-state index in [1.54, 1.807) is 7.11 Å². The van der Waals surface area contributed by atoms with E-state index in [2.05, 4.69) is 34.4 Å². The second kappa shape index (κ2) is 12.2. The molecule has 1 atom stereocenters. The third kappa shape index (κ3) is 7.66. The SMILES string of the molecule is CCNC(=NCCCN(C)CCOC)NC1CCN(C(=O)C2CCCC2)C1. The second-order valence-electron chi connectivity index (χ2n) is 7.81. The van der Waals surface area contributed by atoms with Gasteiger partial charge in [-0.25, -0.2) is 0 Å². The fourth-order valence-electron chi connectivity index (χ4n) is 3.91. The summed E-state index contributed by atoms with van der Waals surface area (Å²) < 4.78 is 5.10. The average Bonchev–Trinajstić information content (AvgIpc) is 3.35. The van der Waals surface area contributed by atoms with Crippen LogP contribution in [0, 0.1) is 5.92 Å². The van der Waals surface area contributed by atoms with Crippen LogP contribution in [0.25, 0.3) is 0 Å². The summed E-state index contributed by atoms with van der Waals surface area (Å²) in [6, 6.07) is 0.303. The van der Waals surface area contributed by atoms with E-state index in [1.807, 2.05) is 0 Å². The zero-order valence-corrected chi connectivity index (χ0v) is 17.5. The average molecular weight is 382 g/mol. The maximum Gasteiger partial charge on any atom is 0.225 e. The van der Waals surface area contributed by atoms with Gasteiger partial charge in [0.25, 0.3) is 0 Å². The lowest BCUT2D eigenvalue weighted by molar-refractivity contribution is -0.134. The number of guanidine groups is 1. The van der Waals surface area contributed by atoms with E-state index in [0.717, 1.165) is 77.5 Å². The van der Waals surface area contributed by atoms with E-state index in [0.29, 0.717) is 11.9 Å². The van der Waals surface area contributed by atoms with E-state index in [4.69, 9.17) is 9.73 Å². The molecule has 1 saturated heterocycles. The van der Waals surface area contributed by atoms with E-state index in [9.17, 15) is 4.79 Å². The molecule has 2 fully saturated rings. The number of ether oxygens (including phenoxy) is 1. The summed E-state index contributed by atoms with van der Waals surface area (Å²) in [6.45, 7) is 8.13. The molecule has 0 radical (unpaired) electrons. The van der Waals surface area contributed by atoms with Crippen LogP contribution >= 0.6 is 0 Å². The number of aliphatic imine (C=N–C) groups is 1. The molecule has 7 nitrogen and oxygen atoms in total. The van der Waals surface area contributed by atoms with Gasteiger partial charge in [0, 0.05) is 51.8 Å². The van der Waals surface area contributed by atoms with Crippen molar-refractivity contribution in [3.8, 4) is 0 Å². The molecule has 0 bridgehead atoms. The van der Waals surface area contributed by atoms with Crippen LogP contribution < -0.4 is 10.6 Å². The molecule has 2 aliphatic rings. The summed E-state index contributed by atoms with van der Waals surface area (Å²) in [4.78, 5) is 21.6. The van der Waals surface area contributed by atoms with Crippen LogP contribution in [0.2, 0.25) is 0 Å². The molecule has 1 unspecified atom stereocenters. The number of hydrogen-bond donors (Lipinski definition) is 2. The van der Waals surface area contributed by atoms with Crippen LogP contribution in [0.3, 0.4) is 0 Å². The molecular formula is C20H39N5O2. The molecule has 1 heterocycles. The van der Waals surface area contributed by atoms with Crippen molar-refractivity contribution in [1.82, 2.24) is 20.4 Å². The Morgan fingerprint density at radius 2 is 2.04 bits per heavy atom. The summed E-state index contributed by atoms with van der Waals surface area (Å²) in [7, 11) is 3.85. The molecule has 1 saturated carbocycles. The topological polar surface area (TPSA) is 69.2 Å². The first kappa shape index (κ1) is 22.0. The normalized spacial score (nSPS) is 21.3. The van der Waals surface area contributed by atoms with Gasteiger partial charge < -0.3 is 25.2 Å². The van der Waals surface area contributed by atoms with Crippen LogP contribution in [0.5, 0.6) is 0 Å². The Labute approximate surface area is 164 Å². The van der Waals surface area contributed by atoms with Crippen molar-refractivity contribution < 1.29 is 9.53 Å². The van der Waals surface area contributed by atoms with Crippen LogP contribution in [-0.4, -0.2) is 87.7 Å². The maximum atomic E-state index is 12.6. The highest BCUT2D eigenvalue weighted by molar-refractivity contribution is 5.81. The lowest BCUT2D eigenvalue weighted by Crippen LogP contribution is -2.45. The molecule has 0 aromatic heterocycles. The molecule has 156 valence electrons. The minimum absolute atomic E-state index is 0.278. The number of methoxy groups -OCH3 is 1. The van der Waals surface area contributed by atoms with Gasteiger partial charge in [-0.1, -0.05) is 12.8 Å². The van der Waals surface area contributed by atoms with Crippen LogP contribution in [0.15, 0.2) is 4.99 Å². The summed E-state index contributed by atoms with van der Waals surface area (Å²) in [5, 5.41) is 6.86. The van der Waals surface area contributed by atoms with Crippen molar-refractivity contribution >= 4 is 11.9 Å². The highest BCUT2D eigenvalue weighted by Crippen LogP contribution is 2.27. The molecule has 7 heteroatoms. The van der Waals surface area contributed by atoms with Gasteiger partial charge in [0.1, 0.15) is 0 Å². The van der Waals surface area contributed by atoms with Crippen molar-refractivity contribution in [1.29, 1.82) is 0 Å². The number of carbonyl (C=O) groups is 1. The molecule has 1 aliphatic carbocycles. The van der Waals surface area contributed by atoms with Crippen LogP contribution in [0.4, 0.5) is 0 Å². The minimum atomic E-state index is 0.278. The Kier molecular flexibility index (Phi) is 9.91. The summed E-state index contributed by atoms with van der Waals surface area (Å²) in [5.74, 6) is 1.52. The van der Waals surface area contributed by atoms with Crippen molar-refractivity contribution in [2.45, 2.75) is 51.5 Å². The molecular weight excluding hydrogens is 342 g/mol. The molecule has 2 rings (SSSR count). The fourth-order valence-corrected chi connectivity index (χ4v) is 3.91. The summed E-state index contributed by atoms with van der Waals surface area (Å²) in [5.41, 5.74) is 0. The van der Waals surface area contributed by atoms with E-state index >= 15 is 0 Å². The van der Waals surface area contributed by atoms with Gasteiger partial charge >= 0.3 is 0 Å². The van der Waals surface area contributed by atoms with Gasteiger partial charge in [-0.2, -0.15) is 0 Å². The largest absolute Gasteiger partial charge is 0.383 e. The Morgan fingerprint density at radius 1 is 1.26 bits per heavy atom. The summed E-state index contributed by atoms with van der Waals surface area (Å²) >= 11 is 0. The van der Waals surface area contributed by atoms with Crippen LogP contribution in [-0.2, 0) is 9.53 Å². The molecule has 1 amide bonds. The van der Waals surface area contributed by atoms with E-state index in [-0.39, 0.29) is 5.92 Å². The quantitative estimate of drug-likeness (QED) is 0.339. The van der Waals surface area contributed by atoms with Crippen molar-refractivity contribution in [3.05, 3.63) is 0 Å². The Balaban J connectivity index is 1.72. The molecule has 1 aliphatic heterocycles. The number of likely N-dealkylation sites (N-methyl/N-ethyl adjacent to an activating group) is 1. The Hall–Kier alpha value is -1.34. The third-order valence-corrected chi connectivity index (χ3v) is 5.53. The van der Waals surface area contributed by atoms with Crippen LogP contribution in [0.1, 0.15) is 45.4 Å². The zero-order valence-electron chi connectivity index (χ0n) is 17.5. The lowest BCUT2D eigenvalue weighted by atomic mass is 10.1. The standard InChI is InChI=1S/C20H39N5O2/c1-4-21-20(22-11-7-12-24(2)14-15-27-3)23-18-10-13-25(16-18)19(26)17-8-5-6-9-17/h17-18H,4-16H2,1-3H3,(H2,21,22,23). The van der Waals surface area contributed by atoms with Gasteiger partial charge in [-0.3, -0.25) is 9.79 Å². The zero-order chi connectivity index (χ0) is 19.5. The predicted molar refractivity (Wildman–Crippen MR) is 110 cm³/mol. The van der Waals surface area contributed by atoms with Gasteiger partial charge in [0.2, 0.25) is 5.91 Å². The molecule has 0 aromatic carbocycles. The lowest BCUT2D eigenvalue weighted by Gasteiger charge is -2.21.